The number of fused-ring (bicyclic) bond motifs is 1. The highest BCUT2D eigenvalue weighted by atomic mass is 16.8. The van der Waals surface area contributed by atoms with E-state index >= 15 is 0 Å². The SMILES string of the molecule is CCCCCC=CCC=CCCCCCCCCC1(CCCCCCCCC=CCC=CCCCCC)OC2CCN(CCC)CC2O1. The van der Waals surface area contributed by atoms with Gasteiger partial charge in [0, 0.05) is 25.9 Å². The molecule has 3 heteroatoms. The van der Waals surface area contributed by atoms with Crippen LogP contribution in [-0.2, 0) is 9.47 Å². The molecule has 0 aromatic rings. The van der Waals surface area contributed by atoms with Gasteiger partial charge in [0.2, 0.25) is 0 Å². The number of unbranched alkanes of at least 4 members (excludes halogenated alkanes) is 18. The molecule has 0 amide bonds. The summed E-state index contributed by atoms with van der Waals surface area (Å²) in [5.41, 5.74) is 0. The Hall–Kier alpha value is -1.16. The van der Waals surface area contributed by atoms with Crippen LogP contribution >= 0.6 is 0 Å². The van der Waals surface area contributed by atoms with E-state index in [-0.39, 0.29) is 11.9 Å². The highest BCUT2D eigenvalue weighted by Crippen LogP contribution is 2.40. The van der Waals surface area contributed by atoms with E-state index in [1.54, 1.807) is 0 Å². The molecule has 0 spiro atoms. The molecule has 48 heavy (non-hydrogen) atoms. The number of hydrogen-bond donors (Lipinski definition) is 0. The van der Waals surface area contributed by atoms with Gasteiger partial charge in [-0.2, -0.15) is 0 Å². The predicted octanol–water partition coefficient (Wildman–Crippen LogP) is 14.0. The molecule has 0 aromatic heterocycles. The lowest BCUT2D eigenvalue weighted by atomic mass is 9.98. The maximum atomic E-state index is 6.89. The molecule has 2 atom stereocenters. The summed E-state index contributed by atoms with van der Waals surface area (Å²) < 4.78 is 13.7. The fourth-order valence-corrected chi connectivity index (χ4v) is 7.43. The molecule has 2 aliphatic heterocycles. The van der Waals surface area contributed by atoms with E-state index in [0.717, 1.165) is 38.6 Å². The van der Waals surface area contributed by atoms with Gasteiger partial charge in [0.05, 0.1) is 12.2 Å². The van der Waals surface area contributed by atoms with Crippen LogP contribution in [0.15, 0.2) is 48.6 Å². The Balaban J connectivity index is 1.58. The summed E-state index contributed by atoms with van der Waals surface area (Å²) in [6.07, 6.45) is 55.1. The van der Waals surface area contributed by atoms with Crippen LogP contribution in [0.3, 0.4) is 0 Å². The van der Waals surface area contributed by atoms with Crippen molar-refractivity contribution in [2.45, 2.75) is 219 Å². The standard InChI is InChI=1S/C45H81NO2/c1-4-7-9-11-13-15-17-19-21-23-25-27-29-31-33-35-38-45(47-43-37-41-46(40-6-3)42-44(43)48-45)39-36-34-32-30-28-26-24-22-20-18-16-14-12-10-8-5-2/h13-16,19-22,43-44H,4-12,17-18,23-42H2,1-3H3. The highest BCUT2D eigenvalue weighted by Gasteiger charge is 2.48. The molecule has 2 saturated heterocycles. The molecule has 278 valence electrons. The summed E-state index contributed by atoms with van der Waals surface area (Å²) in [6.45, 7) is 10.3. The van der Waals surface area contributed by atoms with E-state index < -0.39 is 0 Å². The van der Waals surface area contributed by atoms with Gasteiger partial charge < -0.3 is 14.4 Å². The minimum absolute atomic E-state index is 0.277. The zero-order chi connectivity index (χ0) is 34.2. The average Bonchev–Trinajstić information content (AvgIpc) is 3.45. The smallest absolute Gasteiger partial charge is 0.169 e. The van der Waals surface area contributed by atoms with Crippen LogP contribution < -0.4 is 0 Å². The normalized spacial score (nSPS) is 22.0. The minimum Gasteiger partial charge on any atom is -0.344 e. The summed E-state index contributed by atoms with van der Waals surface area (Å²) in [4.78, 5) is 2.60. The molecule has 3 nitrogen and oxygen atoms in total. The second-order valence-electron chi connectivity index (χ2n) is 15.0. The van der Waals surface area contributed by atoms with Crippen molar-refractivity contribution >= 4 is 0 Å². The van der Waals surface area contributed by atoms with Crippen LogP contribution in [-0.4, -0.2) is 42.5 Å². The third kappa shape index (κ3) is 21.8. The average molecular weight is 668 g/mol. The molecular weight excluding hydrogens is 587 g/mol. The van der Waals surface area contributed by atoms with E-state index in [9.17, 15) is 0 Å². The molecule has 0 saturated carbocycles. The fraction of sp³-hybridized carbons (Fsp3) is 0.822. The third-order valence-corrected chi connectivity index (χ3v) is 10.4. The van der Waals surface area contributed by atoms with Crippen molar-refractivity contribution < 1.29 is 9.47 Å². The first kappa shape index (κ1) is 43.0. The number of piperidine rings is 1. The van der Waals surface area contributed by atoms with Crippen LogP contribution in [0.2, 0.25) is 0 Å². The molecule has 0 aromatic carbocycles. The summed E-state index contributed by atoms with van der Waals surface area (Å²) in [5.74, 6) is -0.317. The van der Waals surface area contributed by atoms with Gasteiger partial charge in [-0.05, 0) is 96.4 Å². The summed E-state index contributed by atoms with van der Waals surface area (Å²) in [6, 6.07) is 0. The number of allylic oxidation sites excluding steroid dienone is 8. The molecular formula is C45H81NO2. The minimum atomic E-state index is -0.317. The van der Waals surface area contributed by atoms with Crippen molar-refractivity contribution in [2.24, 2.45) is 0 Å². The molecule has 2 aliphatic rings. The largest absolute Gasteiger partial charge is 0.344 e. The van der Waals surface area contributed by atoms with Crippen molar-refractivity contribution in [3.8, 4) is 0 Å². The second kappa shape index (κ2) is 30.6. The number of ether oxygens (including phenoxy) is 2. The number of likely N-dealkylation sites (tertiary alicyclic amines) is 1. The van der Waals surface area contributed by atoms with Gasteiger partial charge in [0.25, 0.3) is 0 Å². The second-order valence-corrected chi connectivity index (χ2v) is 15.0. The molecule has 2 rings (SSSR count). The molecule has 0 aliphatic carbocycles. The van der Waals surface area contributed by atoms with Gasteiger partial charge in [-0.25, -0.2) is 0 Å². The Morgan fingerprint density at radius 1 is 0.479 bits per heavy atom. The number of rotatable bonds is 32. The lowest BCUT2D eigenvalue weighted by Gasteiger charge is -2.32. The van der Waals surface area contributed by atoms with E-state index in [0.29, 0.717) is 6.10 Å². The quantitative estimate of drug-likeness (QED) is 0.0526. The van der Waals surface area contributed by atoms with Gasteiger partial charge >= 0.3 is 0 Å². The number of hydrogen-bond acceptors (Lipinski definition) is 3. The third-order valence-electron chi connectivity index (χ3n) is 10.4. The van der Waals surface area contributed by atoms with Crippen molar-refractivity contribution in [1.82, 2.24) is 4.90 Å². The van der Waals surface area contributed by atoms with Gasteiger partial charge in [-0.15, -0.1) is 0 Å². The Kier molecular flexibility index (Phi) is 27.5. The zero-order valence-electron chi connectivity index (χ0n) is 32.5. The van der Waals surface area contributed by atoms with E-state index in [4.69, 9.17) is 9.47 Å². The Morgan fingerprint density at radius 3 is 1.35 bits per heavy atom. The Labute approximate surface area is 300 Å². The van der Waals surface area contributed by atoms with Crippen molar-refractivity contribution in [3.05, 3.63) is 48.6 Å². The summed E-state index contributed by atoms with van der Waals surface area (Å²) in [5, 5.41) is 0. The molecule has 2 fully saturated rings. The van der Waals surface area contributed by atoms with Crippen LogP contribution in [0, 0.1) is 0 Å². The maximum Gasteiger partial charge on any atom is 0.169 e. The van der Waals surface area contributed by atoms with Crippen LogP contribution in [0.4, 0.5) is 0 Å². The lowest BCUT2D eigenvalue weighted by Crippen LogP contribution is -2.45. The summed E-state index contributed by atoms with van der Waals surface area (Å²) >= 11 is 0. The van der Waals surface area contributed by atoms with Crippen molar-refractivity contribution in [3.63, 3.8) is 0 Å². The first-order valence-electron chi connectivity index (χ1n) is 21.4. The molecule has 0 N–H and O–H groups in total. The molecule has 0 bridgehead atoms. The Bertz CT molecular complexity index is 781. The van der Waals surface area contributed by atoms with Gasteiger partial charge in [0.1, 0.15) is 0 Å². The van der Waals surface area contributed by atoms with Crippen LogP contribution in [0.5, 0.6) is 0 Å². The monoisotopic (exact) mass is 668 g/mol. The lowest BCUT2D eigenvalue weighted by molar-refractivity contribution is -0.185. The zero-order valence-corrected chi connectivity index (χ0v) is 32.5. The maximum absolute atomic E-state index is 6.89. The van der Waals surface area contributed by atoms with Crippen molar-refractivity contribution in [1.29, 1.82) is 0 Å². The topological polar surface area (TPSA) is 21.7 Å². The Morgan fingerprint density at radius 2 is 0.896 bits per heavy atom. The van der Waals surface area contributed by atoms with Gasteiger partial charge in [-0.1, -0.05) is 146 Å². The van der Waals surface area contributed by atoms with E-state index in [2.05, 4.69) is 74.3 Å². The van der Waals surface area contributed by atoms with Gasteiger partial charge in [-0.3, -0.25) is 0 Å². The van der Waals surface area contributed by atoms with Crippen LogP contribution in [0.1, 0.15) is 201 Å². The molecule has 2 heterocycles. The van der Waals surface area contributed by atoms with Crippen molar-refractivity contribution in [2.75, 3.05) is 19.6 Å². The summed E-state index contributed by atoms with van der Waals surface area (Å²) in [7, 11) is 0. The molecule has 2 unspecified atom stereocenters. The molecule has 0 radical (unpaired) electrons. The first-order chi connectivity index (χ1) is 23.7. The van der Waals surface area contributed by atoms with Crippen LogP contribution in [0.25, 0.3) is 0 Å². The fourth-order valence-electron chi connectivity index (χ4n) is 7.43. The number of nitrogens with zero attached hydrogens (tertiary/aromatic N) is 1. The predicted molar refractivity (Wildman–Crippen MR) is 212 cm³/mol. The van der Waals surface area contributed by atoms with Gasteiger partial charge in [0.15, 0.2) is 5.79 Å². The highest BCUT2D eigenvalue weighted by molar-refractivity contribution is 4.94. The van der Waals surface area contributed by atoms with E-state index in [1.807, 2.05) is 0 Å². The first-order valence-corrected chi connectivity index (χ1v) is 21.4. The van der Waals surface area contributed by atoms with E-state index in [1.165, 1.54) is 161 Å².